The molecule has 4 heteroatoms. The quantitative estimate of drug-likeness (QED) is 0.179. The van der Waals surface area contributed by atoms with Gasteiger partial charge in [0.25, 0.3) is 0 Å². The number of hydrogen-bond acceptors (Lipinski definition) is 2. The lowest BCUT2D eigenvalue weighted by molar-refractivity contribution is 0.167. The molecule has 3 atom stereocenters. The fourth-order valence-electron chi connectivity index (χ4n) is 12.5. The van der Waals surface area contributed by atoms with Gasteiger partial charge in [-0.1, -0.05) is 117 Å². The monoisotopic (exact) mass is 756 g/mol. The van der Waals surface area contributed by atoms with Crippen LogP contribution in [0.25, 0.3) is 71.4 Å². The lowest BCUT2D eigenvalue weighted by atomic mass is 9.67. The van der Waals surface area contributed by atoms with Crippen molar-refractivity contribution < 1.29 is 9.15 Å². The first-order chi connectivity index (χ1) is 28.8. The molecule has 13 rings (SSSR count). The highest BCUT2D eigenvalue weighted by atomic mass is 16.5. The molecule has 3 aromatic heterocycles. The Bertz CT molecular complexity index is 3070. The second kappa shape index (κ2) is 12.9. The third-order valence-corrected chi connectivity index (χ3v) is 14.9. The molecule has 4 nitrogen and oxygen atoms in total. The molecule has 0 radical (unpaired) electrons. The predicted molar refractivity (Wildman–Crippen MR) is 237 cm³/mol. The summed E-state index contributed by atoms with van der Waals surface area (Å²) in [6.45, 7) is 0. The SMILES string of the molecule is C1=CC(n2c3ccccc3c3ccccc32)CC2=C1OC1C(C3CCCCC3)=c3c(oc4ccc(-n5c6ccccc6c6ccccc65)cc34)=C(C3CCCCC3)C21. The zero-order chi connectivity index (χ0) is 37.9. The van der Waals surface area contributed by atoms with Crippen molar-refractivity contribution in [1.82, 2.24) is 9.13 Å². The van der Waals surface area contributed by atoms with E-state index in [1.807, 2.05) is 0 Å². The van der Waals surface area contributed by atoms with Gasteiger partial charge in [0.1, 0.15) is 22.9 Å². The summed E-state index contributed by atoms with van der Waals surface area (Å²) >= 11 is 0. The Kier molecular flexibility index (Phi) is 7.39. The van der Waals surface area contributed by atoms with Crippen molar-refractivity contribution in [3.63, 3.8) is 0 Å². The minimum Gasteiger partial charge on any atom is -0.485 e. The molecular weight excluding hydrogens is 709 g/mol. The van der Waals surface area contributed by atoms with Gasteiger partial charge in [-0.15, -0.1) is 0 Å². The molecule has 3 unspecified atom stereocenters. The fourth-order valence-corrected chi connectivity index (χ4v) is 12.5. The zero-order valence-electron chi connectivity index (χ0n) is 33.0. The van der Waals surface area contributed by atoms with Crippen molar-refractivity contribution in [1.29, 1.82) is 0 Å². The molecule has 4 heterocycles. The van der Waals surface area contributed by atoms with Crippen LogP contribution >= 0.6 is 0 Å². The molecule has 8 aromatic rings. The van der Waals surface area contributed by atoms with Crippen molar-refractivity contribution in [3.8, 4) is 5.69 Å². The van der Waals surface area contributed by atoms with Gasteiger partial charge in [-0.2, -0.15) is 0 Å². The number of furan rings is 1. The third-order valence-electron chi connectivity index (χ3n) is 14.9. The van der Waals surface area contributed by atoms with Crippen LogP contribution in [-0.2, 0) is 4.74 Å². The van der Waals surface area contributed by atoms with Crippen LogP contribution in [0, 0.1) is 17.8 Å². The summed E-state index contributed by atoms with van der Waals surface area (Å²) in [6.07, 6.45) is 18.5. The van der Waals surface area contributed by atoms with Crippen LogP contribution in [0.3, 0.4) is 0 Å². The van der Waals surface area contributed by atoms with Crippen molar-refractivity contribution in [2.24, 2.45) is 17.8 Å². The van der Waals surface area contributed by atoms with Crippen LogP contribution in [-0.4, -0.2) is 15.2 Å². The van der Waals surface area contributed by atoms with E-state index in [0.29, 0.717) is 11.8 Å². The molecule has 58 heavy (non-hydrogen) atoms. The van der Waals surface area contributed by atoms with E-state index in [0.717, 1.165) is 17.8 Å². The molecule has 0 saturated heterocycles. The predicted octanol–water partition coefficient (Wildman–Crippen LogP) is 12.6. The maximum atomic E-state index is 7.47. The van der Waals surface area contributed by atoms with Crippen LogP contribution in [0.15, 0.2) is 143 Å². The van der Waals surface area contributed by atoms with Crippen LogP contribution < -0.4 is 10.6 Å². The average Bonchev–Trinajstić information content (AvgIpc) is 4.04. The van der Waals surface area contributed by atoms with Crippen LogP contribution in [0.2, 0.25) is 0 Å². The molecule has 0 amide bonds. The summed E-state index contributed by atoms with van der Waals surface area (Å²) in [5, 5.41) is 7.88. The molecule has 286 valence electrons. The highest BCUT2D eigenvalue weighted by Crippen LogP contribution is 2.53. The average molecular weight is 757 g/mol. The summed E-state index contributed by atoms with van der Waals surface area (Å²) in [6, 6.07) is 42.9. The first-order valence-corrected chi connectivity index (χ1v) is 22.1. The van der Waals surface area contributed by atoms with Gasteiger partial charge >= 0.3 is 0 Å². The Balaban J connectivity index is 1.04. The molecule has 0 spiro atoms. The summed E-state index contributed by atoms with van der Waals surface area (Å²) < 4.78 is 19.9. The number of benzene rings is 5. The highest BCUT2D eigenvalue weighted by molar-refractivity contribution is 6.10. The minimum atomic E-state index is 0.0109. The van der Waals surface area contributed by atoms with E-state index in [1.54, 1.807) is 0 Å². The maximum Gasteiger partial charge on any atom is 0.135 e. The van der Waals surface area contributed by atoms with E-state index >= 15 is 0 Å². The number of aromatic nitrogens is 2. The number of ether oxygens (including phenoxy) is 1. The zero-order valence-corrected chi connectivity index (χ0v) is 33.0. The molecule has 2 fully saturated rings. The van der Waals surface area contributed by atoms with Gasteiger partial charge in [0, 0.05) is 48.9 Å². The third kappa shape index (κ3) is 4.75. The fraction of sp³-hybridized carbons (Fsp3) is 0.296. The Morgan fingerprint density at radius 2 is 1.09 bits per heavy atom. The second-order valence-corrected chi connectivity index (χ2v) is 17.9. The van der Waals surface area contributed by atoms with Gasteiger partial charge in [-0.05, 0) is 109 Å². The second-order valence-electron chi connectivity index (χ2n) is 17.9. The van der Waals surface area contributed by atoms with Gasteiger partial charge in [-0.3, -0.25) is 0 Å². The molecule has 0 N–H and O–H groups in total. The Morgan fingerprint density at radius 3 is 1.71 bits per heavy atom. The van der Waals surface area contributed by atoms with Gasteiger partial charge in [-0.25, -0.2) is 0 Å². The smallest absolute Gasteiger partial charge is 0.135 e. The first kappa shape index (κ1) is 33.3. The van der Waals surface area contributed by atoms with Crippen molar-refractivity contribution in [2.75, 3.05) is 0 Å². The van der Waals surface area contributed by atoms with Crippen LogP contribution in [0.1, 0.15) is 76.7 Å². The summed E-state index contributed by atoms with van der Waals surface area (Å²) in [4.78, 5) is 0. The topological polar surface area (TPSA) is 32.2 Å². The van der Waals surface area contributed by atoms with Crippen molar-refractivity contribution >= 4 is 65.7 Å². The van der Waals surface area contributed by atoms with Crippen LogP contribution in [0.4, 0.5) is 0 Å². The lowest BCUT2D eigenvalue weighted by Gasteiger charge is -2.37. The molecule has 5 aromatic carbocycles. The molecule has 2 saturated carbocycles. The van der Waals surface area contributed by atoms with Gasteiger partial charge < -0.3 is 18.3 Å². The highest BCUT2D eigenvalue weighted by Gasteiger charge is 2.49. The Labute approximate surface area is 338 Å². The van der Waals surface area contributed by atoms with E-state index in [2.05, 4.69) is 137 Å². The minimum absolute atomic E-state index is 0.0109. The number of fused-ring (bicyclic) bond motifs is 11. The van der Waals surface area contributed by atoms with Crippen molar-refractivity contribution in [3.05, 3.63) is 149 Å². The van der Waals surface area contributed by atoms with Gasteiger partial charge in [0.05, 0.1) is 23.0 Å². The van der Waals surface area contributed by atoms with E-state index in [9.17, 15) is 0 Å². The Hall–Kier alpha value is -5.74. The van der Waals surface area contributed by atoms with Gasteiger partial charge in [0.15, 0.2) is 0 Å². The van der Waals surface area contributed by atoms with Gasteiger partial charge in [0.2, 0.25) is 0 Å². The molecule has 1 aliphatic heterocycles. The number of para-hydroxylation sites is 4. The number of hydrogen-bond donors (Lipinski definition) is 0. The number of rotatable bonds is 4. The first-order valence-electron chi connectivity index (χ1n) is 22.1. The van der Waals surface area contributed by atoms with E-state index in [4.69, 9.17) is 9.15 Å². The van der Waals surface area contributed by atoms with E-state index in [1.165, 1.54) is 146 Å². The number of allylic oxidation sites excluding steroid dienone is 2. The van der Waals surface area contributed by atoms with E-state index < -0.39 is 0 Å². The normalized spacial score (nSPS) is 22.7. The van der Waals surface area contributed by atoms with Crippen molar-refractivity contribution in [2.45, 2.75) is 82.8 Å². The van der Waals surface area contributed by atoms with Crippen LogP contribution in [0.5, 0.6) is 0 Å². The summed E-state index contributed by atoms with van der Waals surface area (Å²) in [7, 11) is 0. The molecule has 4 aliphatic carbocycles. The summed E-state index contributed by atoms with van der Waals surface area (Å²) in [5.41, 5.74) is 13.0. The standard InChI is InChI=1S/C54H48N2O2/c1-3-15-33(16-4-1)49-51-41-31-35(55-43-23-11-7-19-37(43)38-20-8-12-24-44(38)55)27-29-47(41)58-54(51)50(34-17-5-2-6-18-34)52-42-32-36(28-30-48(42)57-53(49)52)56-45-25-13-9-21-39(45)40-22-10-14-26-46(40)56/h7-14,19-31,33-34,36,52-53H,1-6,15-18,32H2. The Morgan fingerprint density at radius 1 is 0.534 bits per heavy atom. The lowest BCUT2D eigenvalue weighted by Crippen LogP contribution is -2.45. The molecule has 0 bridgehead atoms. The largest absolute Gasteiger partial charge is 0.485 e. The maximum absolute atomic E-state index is 7.47. The molecular formula is C54H48N2O2. The molecule has 5 aliphatic rings. The summed E-state index contributed by atoms with van der Waals surface area (Å²) in [5.74, 6) is 2.32. The van der Waals surface area contributed by atoms with E-state index in [-0.39, 0.29) is 18.1 Å². The number of nitrogens with zero attached hydrogens (tertiary/aromatic N) is 2.